The minimum Gasteiger partial charge on any atom is -0.385 e. The van der Waals surface area contributed by atoms with Crippen LogP contribution in [-0.2, 0) is 0 Å². The predicted octanol–water partition coefficient (Wildman–Crippen LogP) is 3.57. The zero-order valence-corrected chi connectivity index (χ0v) is 10.7. The van der Waals surface area contributed by atoms with E-state index in [0.717, 1.165) is 12.5 Å². The highest BCUT2D eigenvalue weighted by Gasteiger charge is 2.14. The van der Waals surface area contributed by atoms with Crippen molar-refractivity contribution in [2.45, 2.75) is 11.3 Å². The summed E-state index contributed by atoms with van der Waals surface area (Å²) in [6.07, 6.45) is 3.49. The molecule has 1 nitrogen and oxygen atoms in total. The molecule has 0 bridgehead atoms. The van der Waals surface area contributed by atoms with E-state index in [9.17, 15) is 0 Å². The third-order valence-electron chi connectivity index (χ3n) is 2.69. The lowest BCUT2D eigenvalue weighted by Gasteiger charge is -2.11. The van der Waals surface area contributed by atoms with E-state index in [1.807, 2.05) is 0 Å². The van der Waals surface area contributed by atoms with Gasteiger partial charge in [0.05, 0.1) is 0 Å². The van der Waals surface area contributed by atoms with E-state index >= 15 is 0 Å². The number of anilines is 1. The minimum absolute atomic E-state index is 0.868. The summed E-state index contributed by atoms with van der Waals surface area (Å²) in [5.41, 5.74) is 1.26. The van der Waals surface area contributed by atoms with E-state index in [4.69, 9.17) is 0 Å². The Morgan fingerprint density at radius 3 is 3.20 bits per heavy atom. The predicted molar refractivity (Wildman–Crippen MR) is 72.1 cm³/mol. The van der Waals surface area contributed by atoms with Crippen molar-refractivity contribution < 1.29 is 0 Å². The molecule has 1 aromatic rings. The van der Waals surface area contributed by atoms with Gasteiger partial charge in [0.2, 0.25) is 0 Å². The van der Waals surface area contributed by atoms with E-state index in [2.05, 4.69) is 47.6 Å². The fourth-order valence-electron chi connectivity index (χ4n) is 1.74. The first-order valence-electron chi connectivity index (χ1n) is 5.34. The second-order valence-electron chi connectivity index (χ2n) is 3.84. The van der Waals surface area contributed by atoms with E-state index < -0.39 is 0 Å². The van der Waals surface area contributed by atoms with Crippen LogP contribution in [0.4, 0.5) is 5.69 Å². The Kier molecular flexibility index (Phi) is 4.27. The third-order valence-corrected chi connectivity index (χ3v) is 4.65. The fraction of sp³-hybridized carbons (Fsp3) is 0.500. The molecule has 0 saturated carbocycles. The summed E-state index contributed by atoms with van der Waals surface area (Å²) in [5, 5.41) is 3.53. The lowest BCUT2D eigenvalue weighted by atomic mass is 10.1. The van der Waals surface area contributed by atoms with Gasteiger partial charge in [0.1, 0.15) is 0 Å². The standard InChI is InChI=1S/C12H17NS2/c1-14-12-4-2-3-11(7-12)13-8-10-5-6-15-9-10/h2-4,7,10,13H,5-6,8-9H2,1H3. The molecule has 0 radical (unpaired) electrons. The molecule has 1 atom stereocenters. The maximum absolute atomic E-state index is 3.53. The van der Waals surface area contributed by atoms with Crippen molar-refractivity contribution in [2.75, 3.05) is 29.6 Å². The molecular formula is C12H17NS2. The van der Waals surface area contributed by atoms with Crippen LogP contribution in [-0.4, -0.2) is 24.3 Å². The van der Waals surface area contributed by atoms with Crippen LogP contribution in [0.2, 0.25) is 0 Å². The number of thioether (sulfide) groups is 2. The van der Waals surface area contributed by atoms with Crippen molar-refractivity contribution in [1.82, 2.24) is 0 Å². The number of benzene rings is 1. The number of rotatable bonds is 4. The maximum Gasteiger partial charge on any atom is 0.0351 e. The lowest BCUT2D eigenvalue weighted by Crippen LogP contribution is -2.13. The van der Waals surface area contributed by atoms with Gasteiger partial charge < -0.3 is 5.32 Å². The smallest absolute Gasteiger partial charge is 0.0351 e. The lowest BCUT2D eigenvalue weighted by molar-refractivity contribution is 0.632. The molecule has 1 aromatic carbocycles. The zero-order chi connectivity index (χ0) is 10.5. The Hall–Kier alpha value is -0.280. The molecule has 82 valence electrons. The van der Waals surface area contributed by atoms with Crippen LogP contribution in [0.3, 0.4) is 0 Å². The molecular weight excluding hydrogens is 222 g/mol. The average Bonchev–Trinajstić information content (AvgIpc) is 2.79. The van der Waals surface area contributed by atoms with Gasteiger partial charge in [0, 0.05) is 17.1 Å². The molecule has 1 fully saturated rings. The summed E-state index contributed by atoms with van der Waals surface area (Å²) in [5.74, 6) is 3.54. The van der Waals surface area contributed by atoms with Crippen LogP contribution >= 0.6 is 23.5 Å². The van der Waals surface area contributed by atoms with Gasteiger partial charge in [0.25, 0.3) is 0 Å². The first-order valence-corrected chi connectivity index (χ1v) is 7.72. The highest BCUT2D eigenvalue weighted by Crippen LogP contribution is 2.24. The molecule has 1 aliphatic heterocycles. The van der Waals surface area contributed by atoms with E-state index in [1.165, 1.54) is 28.5 Å². The van der Waals surface area contributed by atoms with Crippen molar-refractivity contribution in [1.29, 1.82) is 0 Å². The number of hydrogen-bond donors (Lipinski definition) is 1. The van der Waals surface area contributed by atoms with Crippen LogP contribution in [0.25, 0.3) is 0 Å². The van der Waals surface area contributed by atoms with Gasteiger partial charge in [0.15, 0.2) is 0 Å². The number of nitrogens with one attached hydrogen (secondary N) is 1. The van der Waals surface area contributed by atoms with Crippen molar-refractivity contribution in [3.63, 3.8) is 0 Å². The maximum atomic E-state index is 3.53. The largest absolute Gasteiger partial charge is 0.385 e. The molecule has 15 heavy (non-hydrogen) atoms. The van der Waals surface area contributed by atoms with Crippen molar-refractivity contribution >= 4 is 29.2 Å². The second kappa shape index (κ2) is 5.71. The molecule has 2 rings (SSSR count). The third kappa shape index (κ3) is 3.35. The van der Waals surface area contributed by atoms with E-state index in [1.54, 1.807) is 11.8 Å². The van der Waals surface area contributed by atoms with Gasteiger partial charge >= 0.3 is 0 Å². The Morgan fingerprint density at radius 2 is 2.47 bits per heavy atom. The molecule has 1 unspecified atom stereocenters. The quantitative estimate of drug-likeness (QED) is 0.807. The summed E-state index contributed by atoms with van der Waals surface area (Å²) in [6, 6.07) is 8.66. The van der Waals surface area contributed by atoms with Crippen LogP contribution in [0.15, 0.2) is 29.2 Å². The topological polar surface area (TPSA) is 12.0 Å². The Labute approximate surface area is 100 Å². The average molecular weight is 239 g/mol. The van der Waals surface area contributed by atoms with Crippen LogP contribution < -0.4 is 5.32 Å². The van der Waals surface area contributed by atoms with Gasteiger partial charge in [-0.15, -0.1) is 11.8 Å². The van der Waals surface area contributed by atoms with Gasteiger partial charge in [-0.25, -0.2) is 0 Å². The van der Waals surface area contributed by atoms with Crippen LogP contribution in [0.5, 0.6) is 0 Å². The SMILES string of the molecule is CSc1cccc(NCC2CCSC2)c1. The highest BCUT2D eigenvalue weighted by molar-refractivity contribution is 7.99. The molecule has 1 N–H and O–H groups in total. The first-order chi connectivity index (χ1) is 7.38. The number of hydrogen-bond acceptors (Lipinski definition) is 3. The van der Waals surface area contributed by atoms with Gasteiger partial charge in [-0.05, 0) is 48.3 Å². The first kappa shape index (κ1) is 11.2. The highest BCUT2D eigenvalue weighted by atomic mass is 32.2. The molecule has 0 amide bonds. The second-order valence-corrected chi connectivity index (χ2v) is 5.87. The Morgan fingerprint density at radius 1 is 1.53 bits per heavy atom. The van der Waals surface area contributed by atoms with Crippen molar-refractivity contribution in [3.05, 3.63) is 24.3 Å². The molecule has 3 heteroatoms. The minimum atomic E-state index is 0.868. The normalized spacial score (nSPS) is 20.5. The van der Waals surface area contributed by atoms with Crippen LogP contribution in [0, 0.1) is 5.92 Å². The fourth-order valence-corrected chi connectivity index (χ4v) is 3.48. The molecule has 1 heterocycles. The van der Waals surface area contributed by atoms with Gasteiger partial charge in [-0.2, -0.15) is 11.8 Å². The van der Waals surface area contributed by atoms with Gasteiger partial charge in [-0.1, -0.05) is 6.07 Å². The van der Waals surface area contributed by atoms with E-state index in [0.29, 0.717) is 0 Å². The zero-order valence-electron chi connectivity index (χ0n) is 9.03. The summed E-state index contributed by atoms with van der Waals surface area (Å²) in [4.78, 5) is 1.33. The Bertz CT molecular complexity index is 308. The van der Waals surface area contributed by atoms with Crippen molar-refractivity contribution in [2.24, 2.45) is 5.92 Å². The van der Waals surface area contributed by atoms with E-state index in [-0.39, 0.29) is 0 Å². The van der Waals surface area contributed by atoms with Crippen LogP contribution in [0.1, 0.15) is 6.42 Å². The Balaban J connectivity index is 1.86. The summed E-state index contributed by atoms with van der Waals surface area (Å²) in [6.45, 7) is 1.13. The molecule has 0 aliphatic carbocycles. The molecule has 1 saturated heterocycles. The van der Waals surface area contributed by atoms with Crippen molar-refractivity contribution in [3.8, 4) is 0 Å². The van der Waals surface area contributed by atoms with Gasteiger partial charge in [-0.3, -0.25) is 0 Å². The summed E-state index contributed by atoms with van der Waals surface area (Å²) < 4.78 is 0. The molecule has 0 aromatic heterocycles. The summed E-state index contributed by atoms with van der Waals surface area (Å²) >= 11 is 3.88. The molecule has 1 aliphatic rings. The summed E-state index contributed by atoms with van der Waals surface area (Å²) in [7, 11) is 0. The molecule has 0 spiro atoms. The monoisotopic (exact) mass is 239 g/mol.